The fourth-order valence-electron chi connectivity index (χ4n) is 8.35. The van der Waals surface area contributed by atoms with Crippen molar-refractivity contribution in [1.82, 2.24) is 0 Å². The van der Waals surface area contributed by atoms with Crippen LogP contribution in [-0.2, 0) is 114 Å². The summed E-state index contributed by atoms with van der Waals surface area (Å²) in [4.78, 5) is 0. The molecule has 0 bridgehead atoms. The predicted molar refractivity (Wildman–Crippen MR) is 357 cm³/mol. The Morgan fingerprint density at radius 2 is 0.298 bits per heavy atom. The van der Waals surface area contributed by atoms with Crippen molar-refractivity contribution in [2.24, 2.45) is 0 Å². The van der Waals surface area contributed by atoms with Crippen LogP contribution in [0.2, 0.25) is 0 Å². The molecule has 1 unspecified atom stereocenters. The summed E-state index contributed by atoms with van der Waals surface area (Å²) in [6, 6.07) is 0. The van der Waals surface area contributed by atoms with Gasteiger partial charge in [0.2, 0.25) is 0 Å². The van der Waals surface area contributed by atoms with Gasteiger partial charge in [-0.25, -0.2) is 0 Å². The van der Waals surface area contributed by atoms with E-state index in [9.17, 15) is 5.11 Å². The van der Waals surface area contributed by atoms with E-state index in [4.69, 9.17) is 119 Å². The molecule has 26 nitrogen and oxygen atoms in total. The second-order valence-corrected chi connectivity index (χ2v) is 21.6. The summed E-state index contributed by atoms with van der Waals surface area (Å²) in [6.45, 7) is 25.4. The van der Waals surface area contributed by atoms with Gasteiger partial charge in [0.05, 0.1) is 330 Å². The molecule has 0 aliphatic carbocycles. The monoisotopic (exact) mass is 1370 g/mol. The molecule has 566 valence electrons. The van der Waals surface area contributed by atoms with E-state index in [1.54, 1.807) is 0 Å². The van der Waals surface area contributed by atoms with Crippen LogP contribution in [0.15, 0.2) is 0 Å². The van der Waals surface area contributed by atoms with Crippen molar-refractivity contribution in [3.05, 3.63) is 0 Å². The van der Waals surface area contributed by atoms with Crippen LogP contribution in [0.3, 0.4) is 0 Å². The van der Waals surface area contributed by atoms with Gasteiger partial charge in [0.15, 0.2) is 0 Å². The molecule has 0 spiro atoms. The molecule has 0 radical (unpaired) electrons. The highest BCUT2D eigenvalue weighted by Gasteiger charge is 2.06. The van der Waals surface area contributed by atoms with Crippen molar-refractivity contribution >= 4 is 0 Å². The minimum absolute atomic E-state index is 0.0177. The van der Waals surface area contributed by atoms with Crippen molar-refractivity contribution in [2.45, 2.75) is 122 Å². The Kier molecular flexibility index (Phi) is 89.0. The maximum absolute atomic E-state index is 10.2. The first-order chi connectivity index (χ1) is 46.8. The summed E-state index contributed by atoms with van der Waals surface area (Å²) in [5.74, 6) is 0. The minimum atomic E-state index is -0.396. The molecule has 2 N–H and O–H groups in total. The Bertz CT molecular complexity index is 1300. The first-order valence-electron chi connectivity index (χ1n) is 36.0. The van der Waals surface area contributed by atoms with Gasteiger partial charge in [-0.2, -0.15) is 0 Å². The zero-order valence-corrected chi connectivity index (χ0v) is 58.9. The van der Waals surface area contributed by atoms with E-state index in [1.165, 1.54) is 96.3 Å². The summed E-state index contributed by atoms with van der Waals surface area (Å²) in [5, 5.41) is 18.8. The van der Waals surface area contributed by atoms with Crippen molar-refractivity contribution in [3.63, 3.8) is 0 Å². The van der Waals surface area contributed by atoms with Crippen LogP contribution in [0.25, 0.3) is 0 Å². The lowest BCUT2D eigenvalue weighted by Crippen LogP contribution is -2.18. The predicted octanol–water partition coefficient (Wildman–Crippen LogP) is 6.39. The molecule has 0 saturated carbocycles. The standard InChI is InChI=1S/C68H138O26/c1-2-3-4-5-6-7-8-9-10-11-12-13-14-15-16-17-18-68(70)67-94-66-65-93-64-63-92-62-61-91-60-59-90-58-57-89-56-55-88-54-53-87-52-51-86-50-49-85-48-47-84-46-45-83-44-43-82-42-41-81-40-39-80-38-37-79-36-35-78-34-33-77-32-31-76-30-29-75-28-27-74-26-25-73-24-23-72-22-21-71-20-19-69/h68-70H,2-67H2,1H3. The molecule has 1 atom stereocenters. The third-order valence-electron chi connectivity index (χ3n) is 13.5. The number of hydrogen-bond donors (Lipinski definition) is 2. The zero-order chi connectivity index (χ0) is 67.2. The molecule has 0 saturated heterocycles. The molecule has 26 heteroatoms. The lowest BCUT2D eigenvalue weighted by molar-refractivity contribution is -0.0323. The highest BCUT2D eigenvalue weighted by atomic mass is 16.6. The van der Waals surface area contributed by atoms with Crippen molar-refractivity contribution < 1.29 is 124 Å². The Morgan fingerprint density at radius 1 is 0.170 bits per heavy atom. The summed E-state index contributed by atoms with van der Waals surface area (Å²) < 4.78 is 132. The number of hydrogen-bond acceptors (Lipinski definition) is 26. The lowest BCUT2D eigenvalue weighted by atomic mass is 10.0. The van der Waals surface area contributed by atoms with Crippen LogP contribution in [0, 0.1) is 0 Å². The number of ether oxygens (including phenoxy) is 24. The largest absolute Gasteiger partial charge is 0.394 e. The normalized spacial score (nSPS) is 12.2. The van der Waals surface area contributed by atoms with Crippen LogP contribution in [0.5, 0.6) is 0 Å². The van der Waals surface area contributed by atoms with Gasteiger partial charge in [-0.15, -0.1) is 0 Å². The first-order valence-corrected chi connectivity index (χ1v) is 36.0. The molecule has 0 aliphatic rings. The Hall–Kier alpha value is -1.04. The van der Waals surface area contributed by atoms with Crippen LogP contribution in [-0.4, -0.2) is 340 Å². The van der Waals surface area contributed by atoms with Crippen LogP contribution in [0.1, 0.15) is 116 Å². The third-order valence-corrected chi connectivity index (χ3v) is 13.5. The number of rotatable bonds is 90. The van der Waals surface area contributed by atoms with Gasteiger partial charge in [0.25, 0.3) is 0 Å². The minimum Gasteiger partial charge on any atom is -0.394 e. The maximum atomic E-state index is 10.2. The van der Waals surface area contributed by atoms with Crippen molar-refractivity contribution in [2.75, 3.05) is 324 Å². The van der Waals surface area contributed by atoms with E-state index < -0.39 is 6.10 Å². The van der Waals surface area contributed by atoms with Crippen molar-refractivity contribution in [1.29, 1.82) is 0 Å². The van der Waals surface area contributed by atoms with Gasteiger partial charge in [-0.1, -0.05) is 110 Å². The van der Waals surface area contributed by atoms with E-state index in [0.29, 0.717) is 317 Å². The van der Waals surface area contributed by atoms with E-state index in [0.717, 1.165) is 12.8 Å². The van der Waals surface area contributed by atoms with E-state index in [-0.39, 0.29) is 6.61 Å². The maximum Gasteiger partial charge on any atom is 0.0773 e. The van der Waals surface area contributed by atoms with Gasteiger partial charge in [-0.05, 0) is 6.42 Å². The Morgan fingerprint density at radius 3 is 0.447 bits per heavy atom. The topological polar surface area (TPSA) is 262 Å². The molecule has 0 amide bonds. The molecule has 0 aromatic rings. The third kappa shape index (κ3) is 89.0. The molecule has 0 aromatic carbocycles. The summed E-state index contributed by atoms with van der Waals surface area (Å²) >= 11 is 0. The lowest BCUT2D eigenvalue weighted by Gasteiger charge is -2.11. The molecule has 0 rings (SSSR count). The molecular formula is C68H138O26. The quantitative estimate of drug-likeness (QED) is 0.0625. The number of aliphatic hydroxyl groups excluding tert-OH is 2. The van der Waals surface area contributed by atoms with Crippen LogP contribution in [0.4, 0.5) is 0 Å². The fraction of sp³-hybridized carbons (Fsp3) is 1.00. The molecule has 94 heavy (non-hydrogen) atoms. The van der Waals surface area contributed by atoms with Gasteiger partial charge >= 0.3 is 0 Å². The molecular weight excluding hydrogens is 1230 g/mol. The summed E-state index contributed by atoms with van der Waals surface area (Å²) in [5.41, 5.74) is 0. The second kappa shape index (κ2) is 90.0. The molecule has 0 heterocycles. The van der Waals surface area contributed by atoms with Crippen LogP contribution < -0.4 is 0 Å². The molecule has 0 aromatic heterocycles. The Balaban J connectivity index is 3.12. The smallest absolute Gasteiger partial charge is 0.0773 e. The van der Waals surface area contributed by atoms with Gasteiger partial charge in [-0.3, -0.25) is 0 Å². The highest BCUT2D eigenvalue weighted by Crippen LogP contribution is 2.14. The fourth-order valence-corrected chi connectivity index (χ4v) is 8.35. The average Bonchev–Trinajstić information content (AvgIpc) is 3.60. The van der Waals surface area contributed by atoms with Crippen LogP contribution >= 0.6 is 0 Å². The number of aliphatic hydroxyl groups is 2. The first kappa shape index (κ1) is 93.0. The summed E-state index contributed by atoms with van der Waals surface area (Å²) in [7, 11) is 0. The Labute approximate surface area is 568 Å². The average molecular weight is 1370 g/mol. The van der Waals surface area contributed by atoms with Gasteiger partial charge in [0.1, 0.15) is 0 Å². The zero-order valence-electron chi connectivity index (χ0n) is 58.9. The number of unbranched alkanes of at least 4 members (excludes halogenated alkanes) is 15. The van der Waals surface area contributed by atoms with E-state index in [2.05, 4.69) is 6.92 Å². The summed E-state index contributed by atoms with van der Waals surface area (Å²) in [6.07, 6.45) is 22.0. The SMILES string of the molecule is CCCCCCCCCCCCCCCCCCC(O)COCCOCCOCCOCCOCCOCCOCCOCCOCCOCCOCCOCCOCCOCCOCCOCCOCCOCCOCCOCCOCCOCCOCCOCCO. The van der Waals surface area contributed by atoms with Crippen molar-refractivity contribution in [3.8, 4) is 0 Å². The van der Waals surface area contributed by atoms with E-state index in [1.807, 2.05) is 0 Å². The highest BCUT2D eigenvalue weighted by molar-refractivity contribution is 4.56. The second-order valence-electron chi connectivity index (χ2n) is 21.6. The van der Waals surface area contributed by atoms with Gasteiger partial charge in [0, 0.05) is 0 Å². The molecule has 0 aliphatic heterocycles. The molecule has 0 fully saturated rings. The van der Waals surface area contributed by atoms with E-state index >= 15 is 0 Å². The van der Waals surface area contributed by atoms with Gasteiger partial charge < -0.3 is 124 Å².